The van der Waals surface area contributed by atoms with Crippen molar-refractivity contribution in [1.29, 1.82) is 0 Å². The molecule has 3 heteroatoms. The van der Waals surface area contributed by atoms with Gasteiger partial charge in [0.25, 0.3) is 0 Å². The van der Waals surface area contributed by atoms with Crippen molar-refractivity contribution in [3.63, 3.8) is 0 Å². The molecule has 0 aliphatic carbocycles. The number of rotatable bonds is 3. The summed E-state index contributed by atoms with van der Waals surface area (Å²) in [5.74, 6) is 0. The summed E-state index contributed by atoms with van der Waals surface area (Å²) in [4.78, 5) is 14.7. The highest BCUT2D eigenvalue weighted by Gasteiger charge is 1.96. The zero-order chi connectivity index (χ0) is 8.97. The van der Waals surface area contributed by atoms with Gasteiger partial charge in [0.1, 0.15) is 11.3 Å². The number of hydrogen-bond donors (Lipinski definition) is 0. The first-order chi connectivity index (χ1) is 5.76. The van der Waals surface area contributed by atoms with Crippen LogP contribution >= 0.6 is 11.3 Å². The average Bonchev–Trinajstić information content (AvgIpc) is 2.47. The molecule has 12 heavy (non-hydrogen) atoms. The molecule has 64 valence electrons. The Morgan fingerprint density at radius 2 is 2.50 bits per heavy atom. The zero-order valence-corrected chi connectivity index (χ0v) is 8.02. The van der Waals surface area contributed by atoms with Crippen LogP contribution in [0.3, 0.4) is 0 Å². The molecule has 0 aliphatic heterocycles. The molecule has 2 nitrogen and oxygen atoms in total. The smallest absolute Gasteiger partial charge is 0.146 e. The molecule has 0 spiro atoms. The fraction of sp³-hybridized carbons (Fsp3) is 0.333. The van der Waals surface area contributed by atoms with Gasteiger partial charge in [0.05, 0.1) is 0 Å². The van der Waals surface area contributed by atoms with Crippen LogP contribution < -0.4 is 0 Å². The van der Waals surface area contributed by atoms with Gasteiger partial charge in [-0.05, 0) is 25.0 Å². The molecule has 0 aliphatic rings. The predicted octanol–water partition coefficient (Wildman–Crippen LogP) is 2.44. The second kappa shape index (κ2) is 4.16. The molecule has 0 N–H and O–H groups in total. The van der Waals surface area contributed by atoms with E-state index < -0.39 is 0 Å². The minimum Gasteiger partial charge on any atom is -0.298 e. The number of carbonyl (C=O) groups is 1. The number of hydrogen-bond acceptors (Lipinski definition) is 3. The first-order valence-corrected chi connectivity index (χ1v) is 4.72. The van der Waals surface area contributed by atoms with Crippen molar-refractivity contribution in [2.75, 3.05) is 0 Å². The van der Waals surface area contributed by atoms with Crippen LogP contribution in [-0.4, -0.2) is 11.3 Å². The Hall–Kier alpha value is -0.960. The number of allylic oxidation sites excluding steroid dienone is 1. The van der Waals surface area contributed by atoms with Gasteiger partial charge in [-0.3, -0.25) is 4.79 Å². The van der Waals surface area contributed by atoms with Gasteiger partial charge < -0.3 is 0 Å². The van der Waals surface area contributed by atoms with Gasteiger partial charge in [-0.1, -0.05) is 6.92 Å². The summed E-state index contributed by atoms with van der Waals surface area (Å²) in [6, 6.07) is 0. The number of aldehydes is 1. The van der Waals surface area contributed by atoms with Crippen LogP contribution in [0.2, 0.25) is 0 Å². The maximum Gasteiger partial charge on any atom is 0.146 e. The van der Waals surface area contributed by atoms with E-state index in [9.17, 15) is 4.79 Å². The molecule has 0 aromatic carbocycles. The summed E-state index contributed by atoms with van der Waals surface area (Å²) in [5.41, 5.74) is 1.80. The Morgan fingerprint density at radius 3 is 2.92 bits per heavy atom. The maximum atomic E-state index is 10.5. The fourth-order valence-corrected chi connectivity index (χ4v) is 1.58. The highest BCUT2D eigenvalue weighted by atomic mass is 32.1. The molecular weight excluding hydrogens is 170 g/mol. The highest BCUT2D eigenvalue weighted by Crippen LogP contribution is 2.13. The summed E-state index contributed by atoms with van der Waals surface area (Å²) in [7, 11) is 0. The number of carbonyl (C=O) groups excluding carboxylic acids is 1. The van der Waals surface area contributed by atoms with Crippen LogP contribution in [0.1, 0.15) is 24.0 Å². The van der Waals surface area contributed by atoms with E-state index in [4.69, 9.17) is 0 Å². The topological polar surface area (TPSA) is 30.0 Å². The van der Waals surface area contributed by atoms with E-state index in [2.05, 4.69) is 4.98 Å². The molecule has 0 amide bonds. The second-order valence-corrected chi connectivity index (χ2v) is 3.41. The van der Waals surface area contributed by atoms with Crippen molar-refractivity contribution in [1.82, 2.24) is 4.98 Å². The van der Waals surface area contributed by atoms with Crippen molar-refractivity contribution >= 4 is 23.7 Å². The monoisotopic (exact) mass is 181 g/mol. The fourth-order valence-electron chi connectivity index (χ4n) is 0.816. The van der Waals surface area contributed by atoms with Crippen LogP contribution in [0.4, 0.5) is 0 Å². The molecule has 0 unspecified atom stereocenters. The van der Waals surface area contributed by atoms with E-state index >= 15 is 0 Å². The normalized spacial score (nSPS) is 11.7. The Bertz CT molecular complexity index is 301. The SMILES string of the molecule is CC/C(C=O)=C/c1nc(C)cs1. The largest absolute Gasteiger partial charge is 0.298 e. The summed E-state index contributed by atoms with van der Waals surface area (Å²) >= 11 is 1.56. The molecule has 0 fully saturated rings. The van der Waals surface area contributed by atoms with E-state index in [0.29, 0.717) is 0 Å². The summed E-state index contributed by atoms with van der Waals surface area (Å²) in [6.45, 7) is 3.90. The average molecular weight is 181 g/mol. The summed E-state index contributed by atoms with van der Waals surface area (Å²) in [5, 5.41) is 2.89. The molecule has 0 radical (unpaired) electrons. The van der Waals surface area contributed by atoms with Crippen molar-refractivity contribution in [2.24, 2.45) is 0 Å². The third kappa shape index (κ3) is 2.27. The Balaban J connectivity index is 2.85. The van der Waals surface area contributed by atoms with Gasteiger partial charge in [-0.2, -0.15) is 0 Å². The second-order valence-electron chi connectivity index (χ2n) is 2.52. The lowest BCUT2D eigenvalue weighted by Crippen LogP contribution is -1.81. The van der Waals surface area contributed by atoms with Gasteiger partial charge >= 0.3 is 0 Å². The molecular formula is C9H11NOS. The van der Waals surface area contributed by atoms with Crippen molar-refractivity contribution < 1.29 is 4.79 Å². The Labute approximate surface area is 76.0 Å². The summed E-state index contributed by atoms with van der Waals surface area (Å²) < 4.78 is 0. The molecule has 0 saturated heterocycles. The third-order valence-corrected chi connectivity index (χ3v) is 2.41. The van der Waals surface area contributed by atoms with Crippen LogP contribution in [0.5, 0.6) is 0 Å². The van der Waals surface area contributed by atoms with Gasteiger partial charge in [0.15, 0.2) is 0 Å². The number of nitrogens with zero attached hydrogens (tertiary/aromatic N) is 1. The maximum absolute atomic E-state index is 10.5. The van der Waals surface area contributed by atoms with Crippen molar-refractivity contribution in [2.45, 2.75) is 20.3 Å². The van der Waals surface area contributed by atoms with Crippen LogP contribution in [0.15, 0.2) is 11.0 Å². The minimum absolute atomic E-state index is 0.766. The molecule has 1 aromatic rings. The first kappa shape index (κ1) is 9.13. The quantitative estimate of drug-likeness (QED) is 0.529. The van der Waals surface area contributed by atoms with Gasteiger partial charge in [-0.15, -0.1) is 11.3 Å². The van der Waals surface area contributed by atoms with Crippen LogP contribution in [-0.2, 0) is 4.79 Å². The van der Waals surface area contributed by atoms with E-state index in [1.807, 2.05) is 25.3 Å². The van der Waals surface area contributed by atoms with Crippen LogP contribution in [0.25, 0.3) is 6.08 Å². The van der Waals surface area contributed by atoms with Gasteiger partial charge in [0, 0.05) is 11.1 Å². The lowest BCUT2D eigenvalue weighted by Gasteiger charge is -1.89. The van der Waals surface area contributed by atoms with E-state index in [0.717, 1.165) is 29.0 Å². The molecule has 1 heterocycles. The third-order valence-electron chi connectivity index (χ3n) is 1.51. The number of aryl methyl sites for hydroxylation is 1. The van der Waals surface area contributed by atoms with Gasteiger partial charge in [-0.25, -0.2) is 4.98 Å². The lowest BCUT2D eigenvalue weighted by molar-refractivity contribution is -0.104. The van der Waals surface area contributed by atoms with E-state index in [1.165, 1.54) is 0 Å². The molecule has 0 atom stereocenters. The molecule has 1 rings (SSSR count). The van der Waals surface area contributed by atoms with Crippen molar-refractivity contribution in [3.05, 3.63) is 21.7 Å². The molecule has 0 bridgehead atoms. The van der Waals surface area contributed by atoms with E-state index in [1.54, 1.807) is 11.3 Å². The Kier molecular flexibility index (Phi) is 3.17. The van der Waals surface area contributed by atoms with E-state index in [-0.39, 0.29) is 0 Å². The lowest BCUT2D eigenvalue weighted by atomic mass is 10.2. The zero-order valence-electron chi connectivity index (χ0n) is 7.20. The first-order valence-electron chi connectivity index (χ1n) is 3.84. The number of aromatic nitrogens is 1. The predicted molar refractivity (Wildman–Crippen MR) is 51.2 cm³/mol. The Morgan fingerprint density at radius 1 is 1.75 bits per heavy atom. The molecule has 0 saturated carbocycles. The van der Waals surface area contributed by atoms with Gasteiger partial charge in [0.2, 0.25) is 0 Å². The molecule has 1 aromatic heterocycles. The number of thiazole rings is 1. The highest BCUT2D eigenvalue weighted by molar-refractivity contribution is 7.10. The van der Waals surface area contributed by atoms with Crippen LogP contribution in [0, 0.1) is 6.92 Å². The van der Waals surface area contributed by atoms with Crippen molar-refractivity contribution in [3.8, 4) is 0 Å². The summed E-state index contributed by atoms with van der Waals surface area (Å²) in [6.07, 6.45) is 3.49. The minimum atomic E-state index is 0.766. The standard InChI is InChI=1S/C9H11NOS/c1-3-8(5-11)4-9-10-7(2)6-12-9/h4-6H,3H2,1-2H3/b8-4-.